The molecule has 0 aromatic carbocycles. The molecule has 2 N–H and O–H groups in total. The van der Waals surface area contributed by atoms with Gasteiger partial charge in [-0.3, -0.25) is 0 Å². The highest BCUT2D eigenvalue weighted by Gasteiger charge is 2.40. The molecule has 0 aromatic heterocycles. The largest absolute Gasteiger partial charge is 0.480 e. The molecule has 1 unspecified atom stereocenters. The van der Waals surface area contributed by atoms with Gasteiger partial charge >= 0.3 is 5.97 Å². The Morgan fingerprint density at radius 3 is 2.52 bits per heavy atom. The summed E-state index contributed by atoms with van der Waals surface area (Å²) in [6.45, 7) is 3.14. The van der Waals surface area contributed by atoms with Crippen molar-refractivity contribution in [3.05, 3.63) is 12.3 Å². The van der Waals surface area contributed by atoms with Gasteiger partial charge < -0.3 is 29.1 Å². The lowest BCUT2D eigenvalue weighted by molar-refractivity contribution is -0.146. The quantitative estimate of drug-likeness (QED) is 0.345. The van der Waals surface area contributed by atoms with E-state index in [4.69, 9.17) is 25.4 Å². The van der Waals surface area contributed by atoms with E-state index in [1.807, 2.05) is 0 Å². The lowest BCUT2D eigenvalue weighted by atomic mass is 10.0. The number of nitrogens with one attached hydrogen (secondary N) is 1. The van der Waals surface area contributed by atoms with Crippen LogP contribution in [0.1, 0.15) is 0 Å². The monoisotopic (exact) mass is 328 g/mol. The fourth-order valence-electron chi connectivity index (χ4n) is 1.90. The van der Waals surface area contributed by atoms with Gasteiger partial charge in [-0.1, -0.05) is 5.92 Å². The summed E-state index contributed by atoms with van der Waals surface area (Å²) in [6.07, 6.45) is 8.28. The highest BCUT2D eigenvalue weighted by Crippen LogP contribution is 2.15. The van der Waals surface area contributed by atoms with Gasteiger partial charge in [-0.05, 0) is 6.08 Å². The van der Waals surface area contributed by atoms with Crippen molar-refractivity contribution in [2.75, 3.05) is 59.9 Å². The van der Waals surface area contributed by atoms with Crippen LogP contribution in [0.25, 0.3) is 0 Å². The van der Waals surface area contributed by atoms with Gasteiger partial charge in [0.2, 0.25) is 0 Å². The summed E-state index contributed by atoms with van der Waals surface area (Å²) in [4.78, 5) is 11.3. The van der Waals surface area contributed by atoms with Crippen LogP contribution >= 0.6 is 0 Å². The molecule has 0 fully saturated rings. The summed E-state index contributed by atoms with van der Waals surface area (Å²) < 4.78 is 20.7. The molecule has 8 heteroatoms. The number of aliphatic carboxylic acids is 1. The van der Waals surface area contributed by atoms with Crippen molar-refractivity contribution in [3.63, 3.8) is 0 Å². The Kier molecular flexibility index (Phi) is 9.28. The second-order valence-corrected chi connectivity index (χ2v) is 4.81. The Morgan fingerprint density at radius 2 is 1.91 bits per heavy atom. The number of rotatable bonds is 13. The zero-order chi connectivity index (χ0) is 17.0. The highest BCUT2D eigenvalue weighted by molar-refractivity contribution is 5.82. The van der Waals surface area contributed by atoms with Crippen LogP contribution in [0.3, 0.4) is 0 Å². The predicted molar refractivity (Wildman–Crippen MR) is 82.5 cm³/mol. The summed E-state index contributed by atoms with van der Waals surface area (Å²) in [5.74, 6) is 1.38. The normalized spacial score (nSPS) is 19.9. The average molecular weight is 328 g/mol. The van der Waals surface area contributed by atoms with E-state index in [9.17, 15) is 9.90 Å². The molecule has 1 rings (SSSR count). The molecule has 0 saturated heterocycles. The Balaban J connectivity index is 2.04. The number of carbonyl (C=O) groups is 1. The van der Waals surface area contributed by atoms with Gasteiger partial charge in [-0.2, -0.15) is 0 Å². The second-order valence-electron chi connectivity index (χ2n) is 4.81. The Labute approximate surface area is 136 Å². The Bertz CT molecular complexity index is 423. The minimum Gasteiger partial charge on any atom is -0.480 e. The zero-order valence-electron chi connectivity index (χ0n) is 13.3. The number of carboxylic acids is 1. The number of nitrogens with zero attached hydrogens (tertiary/aromatic N) is 1. The fourth-order valence-corrected chi connectivity index (χ4v) is 1.90. The standard InChI is InChI=1S/C15H24N2O6/c1-3-7-21-9-11-23-12-10-22-8-6-17-5-4-15(16-17,13-20-2)14(18)19/h1,4-5,16H,6-13H2,2H3,(H,18,19). The topological polar surface area (TPSA) is 89.5 Å². The maximum atomic E-state index is 11.3. The Morgan fingerprint density at radius 1 is 1.26 bits per heavy atom. The van der Waals surface area contributed by atoms with Gasteiger partial charge in [0.05, 0.1) is 46.2 Å². The van der Waals surface area contributed by atoms with Crippen LogP contribution in [-0.4, -0.2) is 81.5 Å². The van der Waals surface area contributed by atoms with E-state index in [1.165, 1.54) is 7.11 Å². The van der Waals surface area contributed by atoms with Crippen LogP contribution in [0.5, 0.6) is 0 Å². The number of methoxy groups -OCH3 is 1. The first-order valence-electron chi connectivity index (χ1n) is 7.27. The molecule has 0 spiro atoms. The third kappa shape index (κ3) is 6.99. The molecule has 0 amide bonds. The lowest BCUT2D eigenvalue weighted by Gasteiger charge is -2.26. The molecule has 0 saturated carbocycles. The average Bonchev–Trinajstić information content (AvgIpc) is 2.94. The molecular formula is C15H24N2O6. The molecule has 8 nitrogen and oxygen atoms in total. The van der Waals surface area contributed by atoms with Gasteiger partial charge in [0.25, 0.3) is 0 Å². The van der Waals surface area contributed by atoms with Crippen LogP contribution in [-0.2, 0) is 23.7 Å². The number of hydrogen-bond acceptors (Lipinski definition) is 7. The van der Waals surface area contributed by atoms with Crippen LogP contribution in [0.15, 0.2) is 12.3 Å². The number of hydrazine groups is 1. The number of carboxylic acid groups (broad SMARTS) is 1. The maximum absolute atomic E-state index is 11.3. The minimum atomic E-state index is -1.21. The van der Waals surface area contributed by atoms with Crippen molar-refractivity contribution in [2.45, 2.75) is 5.54 Å². The second kappa shape index (κ2) is 11.0. The van der Waals surface area contributed by atoms with Gasteiger partial charge in [0.15, 0.2) is 5.54 Å². The van der Waals surface area contributed by atoms with Crippen molar-refractivity contribution in [1.29, 1.82) is 0 Å². The highest BCUT2D eigenvalue weighted by atomic mass is 16.5. The fraction of sp³-hybridized carbons (Fsp3) is 0.667. The van der Waals surface area contributed by atoms with Gasteiger partial charge in [-0.15, -0.1) is 6.42 Å². The number of ether oxygens (including phenoxy) is 4. The molecule has 1 atom stereocenters. The lowest BCUT2D eigenvalue weighted by Crippen LogP contribution is -2.55. The van der Waals surface area contributed by atoms with Gasteiger partial charge in [0.1, 0.15) is 6.61 Å². The molecule has 0 radical (unpaired) electrons. The smallest absolute Gasteiger partial charge is 0.332 e. The van der Waals surface area contributed by atoms with E-state index in [2.05, 4.69) is 11.3 Å². The third-order valence-electron chi connectivity index (χ3n) is 3.04. The van der Waals surface area contributed by atoms with Crippen molar-refractivity contribution in [1.82, 2.24) is 10.4 Å². The van der Waals surface area contributed by atoms with E-state index in [0.29, 0.717) is 39.6 Å². The first-order valence-corrected chi connectivity index (χ1v) is 7.27. The Hall–Kier alpha value is -1.63. The van der Waals surface area contributed by atoms with Gasteiger partial charge in [0, 0.05) is 13.3 Å². The summed E-state index contributed by atoms with van der Waals surface area (Å²) >= 11 is 0. The van der Waals surface area contributed by atoms with Crippen LogP contribution in [0.4, 0.5) is 0 Å². The van der Waals surface area contributed by atoms with E-state index in [0.717, 1.165) is 0 Å². The van der Waals surface area contributed by atoms with Crippen molar-refractivity contribution in [2.24, 2.45) is 0 Å². The van der Waals surface area contributed by atoms with Crippen molar-refractivity contribution >= 4 is 5.97 Å². The van der Waals surface area contributed by atoms with E-state index < -0.39 is 11.5 Å². The summed E-state index contributed by atoms with van der Waals surface area (Å²) in [7, 11) is 1.46. The maximum Gasteiger partial charge on any atom is 0.332 e. The molecule has 1 heterocycles. The number of hydrogen-bond donors (Lipinski definition) is 2. The van der Waals surface area contributed by atoms with E-state index >= 15 is 0 Å². The molecule has 1 aliphatic rings. The molecule has 130 valence electrons. The van der Waals surface area contributed by atoms with Crippen molar-refractivity contribution in [3.8, 4) is 12.3 Å². The predicted octanol–water partition coefficient (Wildman–Crippen LogP) is -0.527. The molecule has 0 aliphatic carbocycles. The SMILES string of the molecule is C#CCOCCOCCOCCN1C=CC(COC)(C(=O)O)N1. The first-order chi connectivity index (χ1) is 11.1. The van der Waals surface area contributed by atoms with Crippen molar-refractivity contribution < 1.29 is 28.8 Å². The minimum absolute atomic E-state index is 0.0474. The van der Waals surface area contributed by atoms with Crippen LogP contribution < -0.4 is 5.43 Å². The summed E-state index contributed by atoms with van der Waals surface area (Å²) in [5, 5.41) is 10.9. The van der Waals surface area contributed by atoms with E-state index in [-0.39, 0.29) is 13.2 Å². The molecule has 23 heavy (non-hydrogen) atoms. The van der Waals surface area contributed by atoms with Crippen LogP contribution in [0.2, 0.25) is 0 Å². The summed E-state index contributed by atoms with van der Waals surface area (Å²) in [5.41, 5.74) is 1.68. The summed E-state index contributed by atoms with van der Waals surface area (Å²) in [6, 6.07) is 0. The molecule has 0 aromatic rings. The molecular weight excluding hydrogens is 304 g/mol. The van der Waals surface area contributed by atoms with E-state index in [1.54, 1.807) is 17.3 Å². The number of terminal acetylenes is 1. The first kappa shape index (κ1) is 19.4. The molecule has 0 bridgehead atoms. The third-order valence-corrected chi connectivity index (χ3v) is 3.04. The zero-order valence-corrected chi connectivity index (χ0v) is 13.3. The molecule has 1 aliphatic heterocycles. The van der Waals surface area contributed by atoms with Crippen LogP contribution in [0, 0.1) is 12.3 Å². The van der Waals surface area contributed by atoms with Gasteiger partial charge in [-0.25, -0.2) is 10.2 Å².